The topological polar surface area (TPSA) is 136 Å². The van der Waals surface area contributed by atoms with Crippen LogP contribution in [0.5, 0.6) is 5.75 Å². The second-order valence-electron chi connectivity index (χ2n) is 7.11. The Labute approximate surface area is 168 Å². The third kappa shape index (κ3) is 2.88. The van der Waals surface area contributed by atoms with E-state index in [4.69, 9.17) is 20.2 Å². The predicted octanol–water partition coefficient (Wildman–Crippen LogP) is 0.872. The van der Waals surface area contributed by atoms with Crippen LogP contribution in [-0.2, 0) is 15.4 Å². The number of hydrogen-bond acceptors (Lipinski definition) is 9. The van der Waals surface area contributed by atoms with Crippen molar-refractivity contribution >= 4 is 33.2 Å². The number of nitrogens with one attached hydrogen (secondary N) is 1. The van der Waals surface area contributed by atoms with Gasteiger partial charge in [0.1, 0.15) is 33.9 Å². The molecule has 0 aromatic carbocycles. The molecule has 1 fully saturated rings. The monoisotopic (exact) mass is 416 g/mol. The number of thiol groups is 1. The fraction of sp³-hybridized carbons (Fsp3) is 0.389. The number of ether oxygens (including phenoxy) is 2. The first-order valence-corrected chi connectivity index (χ1v) is 10.5. The van der Waals surface area contributed by atoms with Crippen molar-refractivity contribution in [3.05, 3.63) is 24.2 Å². The van der Waals surface area contributed by atoms with E-state index in [2.05, 4.69) is 19.9 Å². The maximum absolute atomic E-state index is 11.8. The highest BCUT2D eigenvalue weighted by atomic mass is 32.2. The van der Waals surface area contributed by atoms with Gasteiger partial charge in [-0.25, -0.2) is 23.4 Å². The van der Waals surface area contributed by atoms with Crippen LogP contribution in [0.25, 0.3) is 22.4 Å². The summed E-state index contributed by atoms with van der Waals surface area (Å²) in [5.74, 6) is 1.34. The third-order valence-corrected chi connectivity index (χ3v) is 6.22. The van der Waals surface area contributed by atoms with Crippen LogP contribution >= 0.6 is 0 Å². The van der Waals surface area contributed by atoms with Crippen molar-refractivity contribution in [2.75, 3.05) is 37.0 Å². The van der Waals surface area contributed by atoms with Gasteiger partial charge in [0.2, 0.25) is 0 Å². The van der Waals surface area contributed by atoms with Gasteiger partial charge in [0, 0.05) is 18.1 Å². The van der Waals surface area contributed by atoms with E-state index in [1.54, 1.807) is 19.3 Å². The number of nitrogens with two attached hydrogens (primary N) is 1. The SMILES string of the molecule is CC(c1nc(-c2c(N)cnc3[nH]ccc23)nc2c1OCC1COCCN21)[SH](=O)=O. The molecule has 3 aromatic rings. The molecule has 2 aliphatic heterocycles. The molecule has 0 aliphatic carbocycles. The van der Waals surface area contributed by atoms with Gasteiger partial charge in [-0.15, -0.1) is 0 Å². The van der Waals surface area contributed by atoms with Crippen molar-refractivity contribution in [3.8, 4) is 17.1 Å². The van der Waals surface area contributed by atoms with Crippen LogP contribution in [-0.4, -0.2) is 60.8 Å². The Morgan fingerprint density at radius 2 is 2.21 bits per heavy atom. The van der Waals surface area contributed by atoms with Crippen LogP contribution in [0, 0.1) is 0 Å². The molecule has 2 atom stereocenters. The quantitative estimate of drug-likeness (QED) is 0.531. The summed E-state index contributed by atoms with van der Waals surface area (Å²) in [6, 6.07) is 1.87. The summed E-state index contributed by atoms with van der Waals surface area (Å²) < 4.78 is 35.1. The van der Waals surface area contributed by atoms with Crippen molar-refractivity contribution in [1.29, 1.82) is 0 Å². The zero-order valence-electron chi connectivity index (χ0n) is 15.7. The van der Waals surface area contributed by atoms with Gasteiger partial charge < -0.3 is 25.1 Å². The maximum Gasteiger partial charge on any atom is 0.184 e. The van der Waals surface area contributed by atoms with Gasteiger partial charge in [0.25, 0.3) is 0 Å². The van der Waals surface area contributed by atoms with Gasteiger partial charge in [-0.05, 0) is 13.0 Å². The number of aromatic amines is 1. The Bertz CT molecular complexity index is 1170. The molecule has 10 nitrogen and oxygen atoms in total. The van der Waals surface area contributed by atoms with Crippen LogP contribution < -0.4 is 15.4 Å². The van der Waals surface area contributed by atoms with Crippen molar-refractivity contribution < 1.29 is 17.9 Å². The number of nitrogen functional groups attached to an aromatic ring is 1. The highest BCUT2D eigenvalue weighted by Gasteiger charge is 2.36. The molecular formula is C18H20N6O4S. The van der Waals surface area contributed by atoms with Crippen LogP contribution in [0.4, 0.5) is 11.5 Å². The molecule has 0 radical (unpaired) electrons. The molecule has 2 unspecified atom stereocenters. The molecule has 0 saturated carbocycles. The molecule has 0 bridgehead atoms. The fourth-order valence-corrected chi connectivity index (χ4v) is 4.18. The minimum absolute atomic E-state index is 0.0187. The first-order valence-electron chi connectivity index (χ1n) is 9.29. The summed E-state index contributed by atoms with van der Waals surface area (Å²) in [4.78, 5) is 18.8. The lowest BCUT2D eigenvalue weighted by atomic mass is 10.1. The summed E-state index contributed by atoms with van der Waals surface area (Å²) in [5, 5.41) is -0.0619. The maximum atomic E-state index is 11.8. The average molecular weight is 416 g/mol. The number of pyridine rings is 1. The van der Waals surface area contributed by atoms with Crippen LogP contribution in [0.15, 0.2) is 18.5 Å². The number of hydrogen-bond donors (Lipinski definition) is 3. The lowest BCUT2D eigenvalue weighted by molar-refractivity contribution is 0.0693. The Balaban J connectivity index is 1.78. The molecule has 5 heterocycles. The van der Waals surface area contributed by atoms with E-state index in [0.717, 1.165) is 5.39 Å². The number of anilines is 2. The minimum Gasteiger partial charge on any atom is -0.486 e. The summed E-state index contributed by atoms with van der Waals surface area (Å²) in [6.45, 7) is 3.72. The van der Waals surface area contributed by atoms with E-state index in [0.29, 0.717) is 66.3 Å². The molecule has 0 amide bonds. The van der Waals surface area contributed by atoms with Gasteiger partial charge in [0.05, 0.1) is 36.7 Å². The highest BCUT2D eigenvalue weighted by molar-refractivity contribution is 7.72. The number of nitrogens with zero attached hydrogens (tertiary/aromatic N) is 4. The van der Waals surface area contributed by atoms with Crippen molar-refractivity contribution in [1.82, 2.24) is 19.9 Å². The number of aromatic nitrogens is 4. The van der Waals surface area contributed by atoms with E-state index in [9.17, 15) is 8.42 Å². The van der Waals surface area contributed by atoms with Gasteiger partial charge in [-0.3, -0.25) is 0 Å². The van der Waals surface area contributed by atoms with Crippen LogP contribution in [0.2, 0.25) is 0 Å². The fourth-order valence-electron chi connectivity index (χ4n) is 3.81. The summed E-state index contributed by atoms with van der Waals surface area (Å²) in [7, 11) is -2.75. The second kappa shape index (κ2) is 6.85. The van der Waals surface area contributed by atoms with Gasteiger partial charge in [0.15, 0.2) is 17.4 Å². The molecule has 5 rings (SSSR count). The lowest BCUT2D eigenvalue weighted by Crippen LogP contribution is -2.51. The normalized spacial score (nSPS) is 19.7. The molecule has 0 spiro atoms. The van der Waals surface area contributed by atoms with Crippen LogP contribution in [0.1, 0.15) is 17.9 Å². The minimum atomic E-state index is -2.75. The van der Waals surface area contributed by atoms with E-state index in [1.807, 2.05) is 6.07 Å². The zero-order valence-corrected chi connectivity index (χ0v) is 16.6. The van der Waals surface area contributed by atoms with E-state index < -0.39 is 16.0 Å². The molecule has 2 aliphatic rings. The average Bonchev–Trinajstić information content (AvgIpc) is 3.20. The molecule has 152 valence electrons. The molecule has 11 heteroatoms. The van der Waals surface area contributed by atoms with Crippen molar-refractivity contribution in [3.63, 3.8) is 0 Å². The molecular weight excluding hydrogens is 396 g/mol. The number of rotatable bonds is 3. The summed E-state index contributed by atoms with van der Waals surface area (Å²) in [6.07, 6.45) is 3.31. The smallest absolute Gasteiger partial charge is 0.184 e. The van der Waals surface area contributed by atoms with Crippen LogP contribution in [0.3, 0.4) is 0 Å². The van der Waals surface area contributed by atoms with E-state index in [-0.39, 0.29) is 6.04 Å². The van der Waals surface area contributed by atoms with Gasteiger partial charge in [-0.2, -0.15) is 0 Å². The molecule has 3 aromatic heterocycles. The Hall–Kier alpha value is -2.92. The second-order valence-corrected chi connectivity index (χ2v) is 8.45. The first kappa shape index (κ1) is 18.1. The molecule has 29 heavy (non-hydrogen) atoms. The Morgan fingerprint density at radius 1 is 1.34 bits per heavy atom. The standard InChI is InChI=1S/C18H20N6O4S/c1-9(29(25)26)14-15-18(24-4-5-27-7-10(24)8-28-15)23-17(22-14)13-11-2-3-20-16(11)21-6-12(13)19/h2-3,6,9-10,29H,4-5,7-8,19H2,1H3,(H,20,21). The number of H-pyrrole nitrogens is 1. The third-order valence-electron chi connectivity index (χ3n) is 5.35. The first-order chi connectivity index (χ1) is 14.0. The zero-order chi connectivity index (χ0) is 20.1. The summed E-state index contributed by atoms with van der Waals surface area (Å²) in [5.41, 5.74) is 8.25. The van der Waals surface area contributed by atoms with E-state index in [1.165, 1.54) is 0 Å². The Kier molecular flexibility index (Phi) is 4.28. The van der Waals surface area contributed by atoms with Gasteiger partial charge in [-0.1, -0.05) is 0 Å². The van der Waals surface area contributed by atoms with Gasteiger partial charge >= 0.3 is 0 Å². The van der Waals surface area contributed by atoms with E-state index >= 15 is 0 Å². The molecule has 3 N–H and O–H groups in total. The van der Waals surface area contributed by atoms with Crippen molar-refractivity contribution in [2.45, 2.75) is 18.2 Å². The summed E-state index contributed by atoms with van der Waals surface area (Å²) >= 11 is 0. The largest absolute Gasteiger partial charge is 0.486 e. The highest BCUT2D eigenvalue weighted by Crippen LogP contribution is 2.41. The molecule has 1 saturated heterocycles. The Morgan fingerprint density at radius 3 is 3.03 bits per heavy atom. The van der Waals surface area contributed by atoms with Crippen molar-refractivity contribution in [2.24, 2.45) is 0 Å². The lowest BCUT2D eigenvalue weighted by Gasteiger charge is -2.41. The number of fused-ring (bicyclic) bond motifs is 4. The predicted molar refractivity (Wildman–Crippen MR) is 108 cm³/mol. The number of morpholine rings is 1.